The van der Waals surface area contributed by atoms with Gasteiger partial charge in [-0.05, 0) is 75.8 Å². The number of rotatable bonds is 14. The first-order chi connectivity index (χ1) is 21.5. The smallest absolute Gasteiger partial charge is 0.308 e. The van der Waals surface area contributed by atoms with Gasteiger partial charge in [-0.15, -0.1) is 0 Å². The Morgan fingerprint density at radius 2 is 1.78 bits per heavy atom. The molecule has 8 nitrogen and oxygen atoms in total. The number of benzene rings is 2. The molecule has 1 unspecified atom stereocenters. The van der Waals surface area contributed by atoms with Crippen molar-refractivity contribution in [2.45, 2.75) is 114 Å². The first kappa shape index (κ1) is 36.6. The van der Waals surface area contributed by atoms with E-state index in [-0.39, 0.29) is 43.9 Å². The second-order valence-corrected chi connectivity index (χ2v) is 22.0. The molecule has 46 heavy (non-hydrogen) atoms. The number of aliphatic hydroxyl groups is 1. The number of esters is 1. The third-order valence-corrected chi connectivity index (χ3v) is 13.4. The average molecular weight is 682 g/mol. The molecule has 2 aromatic rings. The predicted octanol–water partition coefficient (Wildman–Crippen LogP) is 6.45. The van der Waals surface area contributed by atoms with Crippen molar-refractivity contribution in [3.05, 3.63) is 70.8 Å². The van der Waals surface area contributed by atoms with Gasteiger partial charge in [-0.25, -0.2) is 17.2 Å². The zero-order chi connectivity index (χ0) is 33.9. The van der Waals surface area contributed by atoms with Crippen molar-refractivity contribution in [1.82, 2.24) is 4.31 Å². The summed E-state index contributed by atoms with van der Waals surface area (Å²) in [5, 5.41) is 10.6. The summed E-state index contributed by atoms with van der Waals surface area (Å²) in [6.45, 7) is 12.3. The number of carbonyl (C=O) groups is 1. The van der Waals surface area contributed by atoms with E-state index in [1.807, 2.05) is 13.0 Å². The second kappa shape index (κ2) is 14.5. The molecule has 0 radical (unpaired) electrons. The number of sulfonamides is 1. The van der Waals surface area contributed by atoms with E-state index >= 15 is 8.78 Å². The van der Waals surface area contributed by atoms with Crippen LogP contribution in [0.2, 0.25) is 25.7 Å². The maximum atomic E-state index is 16.1. The highest BCUT2D eigenvalue weighted by Crippen LogP contribution is 2.56. The third kappa shape index (κ3) is 8.25. The molecule has 1 saturated heterocycles. The van der Waals surface area contributed by atoms with Gasteiger partial charge in [0.2, 0.25) is 10.0 Å². The van der Waals surface area contributed by atoms with Gasteiger partial charge >= 0.3 is 5.97 Å². The van der Waals surface area contributed by atoms with E-state index in [0.717, 1.165) is 18.2 Å². The molecule has 3 atom stereocenters. The molecule has 1 aliphatic carbocycles. The van der Waals surface area contributed by atoms with Gasteiger partial charge in [0, 0.05) is 38.2 Å². The minimum absolute atomic E-state index is 0.0211. The molecule has 0 amide bonds. The molecule has 12 heteroatoms. The SMILES string of the molecule is CCOC(=O)CC(O)[C@]1(c2cc(F)c(CN3[C@@H](C)CC[C@H](c4ccccc4)S3(=O)=O)cc2F)C[C@@](C)(OCOCC[Si](C)(C)C)C1. The van der Waals surface area contributed by atoms with Gasteiger partial charge in [0.15, 0.2) is 0 Å². The fourth-order valence-electron chi connectivity index (χ4n) is 6.80. The first-order valence-electron chi connectivity index (χ1n) is 16.1. The van der Waals surface area contributed by atoms with Crippen LogP contribution in [0, 0.1) is 11.6 Å². The average Bonchev–Trinajstić information content (AvgIpc) is 2.95. The molecular formula is C34H49F2NO7SSi. The standard InChI is InChI=1S/C34H49F2NO7SSi/c1-7-43-32(39)19-31(38)34(21-33(3,22-34)44-23-42-15-16-46(4,5)6)27-18-28(35)26(17-29(27)36)20-37-24(2)13-14-30(45(37,40)41)25-11-9-8-10-12-25/h8-12,17-18,24,30-31,38H,7,13-16,19-23H2,1-6H3/t24-,30+,31?,33-,34-/m0/s1. The quantitative estimate of drug-likeness (QED) is 0.106. The van der Waals surface area contributed by atoms with Gasteiger partial charge in [0.25, 0.3) is 0 Å². The molecule has 256 valence electrons. The fourth-order valence-corrected chi connectivity index (χ4v) is 9.74. The number of ether oxygens (including phenoxy) is 3. The second-order valence-electron chi connectivity index (χ2n) is 14.3. The van der Waals surface area contributed by atoms with Crippen molar-refractivity contribution in [2.24, 2.45) is 0 Å². The maximum Gasteiger partial charge on any atom is 0.308 e. The molecule has 0 spiro atoms. The summed E-state index contributed by atoms with van der Waals surface area (Å²) >= 11 is 0. The minimum Gasteiger partial charge on any atom is -0.466 e. The van der Waals surface area contributed by atoms with Gasteiger partial charge in [-0.3, -0.25) is 4.79 Å². The molecule has 2 aliphatic rings. The van der Waals surface area contributed by atoms with Crippen molar-refractivity contribution >= 4 is 24.1 Å². The van der Waals surface area contributed by atoms with Gasteiger partial charge in [-0.1, -0.05) is 50.0 Å². The Morgan fingerprint density at radius 3 is 2.41 bits per heavy atom. The van der Waals surface area contributed by atoms with Crippen molar-refractivity contribution in [2.75, 3.05) is 20.0 Å². The number of aliphatic hydroxyl groups excluding tert-OH is 1. The van der Waals surface area contributed by atoms with Crippen molar-refractivity contribution < 1.29 is 41.3 Å². The maximum absolute atomic E-state index is 16.1. The van der Waals surface area contributed by atoms with Crippen LogP contribution in [0.4, 0.5) is 8.78 Å². The van der Waals surface area contributed by atoms with Crippen molar-refractivity contribution in [3.63, 3.8) is 0 Å². The van der Waals surface area contributed by atoms with Crippen LogP contribution in [0.15, 0.2) is 42.5 Å². The van der Waals surface area contributed by atoms with Crippen LogP contribution in [-0.4, -0.2) is 69.6 Å². The minimum atomic E-state index is -3.87. The Balaban J connectivity index is 1.58. The van der Waals surface area contributed by atoms with Crippen LogP contribution in [0.25, 0.3) is 0 Å². The molecule has 1 saturated carbocycles. The van der Waals surface area contributed by atoms with Crippen molar-refractivity contribution in [3.8, 4) is 0 Å². The molecule has 4 rings (SSSR count). The lowest BCUT2D eigenvalue weighted by molar-refractivity contribution is -0.207. The Morgan fingerprint density at radius 1 is 1.11 bits per heavy atom. The molecule has 2 aromatic carbocycles. The lowest BCUT2D eigenvalue weighted by Crippen LogP contribution is -2.61. The molecule has 0 bridgehead atoms. The van der Waals surface area contributed by atoms with Crippen LogP contribution in [0.5, 0.6) is 0 Å². The molecule has 0 aromatic heterocycles. The van der Waals surface area contributed by atoms with E-state index in [1.54, 1.807) is 38.1 Å². The van der Waals surface area contributed by atoms with Crippen LogP contribution in [-0.2, 0) is 41.0 Å². The summed E-state index contributed by atoms with van der Waals surface area (Å²) in [7, 11) is -5.15. The highest BCUT2D eigenvalue weighted by molar-refractivity contribution is 7.89. The van der Waals surface area contributed by atoms with E-state index in [9.17, 15) is 18.3 Å². The van der Waals surface area contributed by atoms with E-state index < -0.39 is 70.5 Å². The number of nitrogens with zero attached hydrogens (tertiary/aromatic N) is 1. The third-order valence-electron chi connectivity index (χ3n) is 9.36. The largest absolute Gasteiger partial charge is 0.466 e. The number of hydrogen-bond acceptors (Lipinski definition) is 7. The summed E-state index contributed by atoms with van der Waals surface area (Å²) in [5.74, 6) is -2.21. The summed E-state index contributed by atoms with van der Waals surface area (Å²) < 4.78 is 77.4. The number of hydrogen-bond donors (Lipinski definition) is 1. The van der Waals surface area contributed by atoms with E-state index in [2.05, 4.69) is 19.6 Å². The normalized spacial score (nSPS) is 27.2. The summed E-state index contributed by atoms with van der Waals surface area (Å²) in [5.41, 5.74) is -1.65. The number of halogens is 2. The van der Waals surface area contributed by atoms with Crippen LogP contribution in [0.3, 0.4) is 0 Å². The lowest BCUT2D eigenvalue weighted by atomic mass is 9.53. The van der Waals surface area contributed by atoms with E-state index in [0.29, 0.717) is 25.0 Å². The molecule has 1 N–H and O–H groups in total. The fraction of sp³-hybridized carbons (Fsp3) is 0.618. The summed E-state index contributed by atoms with van der Waals surface area (Å²) in [6, 6.07) is 11.5. The highest BCUT2D eigenvalue weighted by atomic mass is 32.2. The molecule has 1 aliphatic heterocycles. The predicted molar refractivity (Wildman–Crippen MR) is 175 cm³/mol. The summed E-state index contributed by atoms with van der Waals surface area (Å²) in [6.07, 6.45) is -0.530. The zero-order valence-corrected chi connectivity index (χ0v) is 29.7. The zero-order valence-electron chi connectivity index (χ0n) is 27.9. The molecular weight excluding hydrogens is 633 g/mol. The van der Waals surface area contributed by atoms with Gasteiger partial charge in [-0.2, -0.15) is 4.31 Å². The topological polar surface area (TPSA) is 102 Å². The Labute approximate surface area is 273 Å². The van der Waals surface area contributed by atoms with Gasteiger partial charge in [0.1, 0.15) is 23.7 Å². The lowest BCUT2D eigenvalue weighted by Gasteiger charge is -2.56. The van der Waals surface area contributed by atoms with E-state index in [4.69, 9.17) is 14.2 Å². The van der Waals surface area contributed by atoms with E-state index in [1.165, 1.54) is 4.31 Å². The monoisotopic (exact) mass is 681 g/mol. The summed E-state index contributed by atoms with van der Waals surface area (Å²) in [4.78, 5) is 12.3. The Kier molecular flexibility index (Phi) is 11.5. The Bertz CT molecular complexity index is 1460. The number of carbonyl (C=O) groups excluding carboxylic acids is 1. The first-order valence-corrected chi connectivity index (χ1v) is 21.3. The van der Waals surface area contributed by atoms with Gasteiger partial charge in [0.05, 0.1) is 24.7 Å². The molecule has 2 fully saturated rings. The molecule has 1 heterocycles. The van der Waals surface area contributed by atoms with Crippen molar-refractivity contribution in [1.29, 1.82) is 0 Å². The van der Waals surface area contributed by atoms with Gasteiger partial charge < -0.3 is 19.3 Å². The Hall–Kier alpha value is -2.22. The van der Waals surface area contributed by atoms with Crippen LogP contribution < -0.4 is 0 Å². The van der Waals surface area contributed by atoms with Crippen LogP contribution in [0.1, 0.15) is 74.8 Å². The van der Waals surface area contributed by atoms with Crippen LogP contribution >= 0.6 is 0 Å². The highest BCUT2D eigenvalue weighted by Gasteiger charge is 2.59.